The molecule has 1 rings (SSSR count). The molecule has 0 aliphatic heterocycles. The molecule has 8 heteroatoms. The van der Waals surface area contributed by atoms with Crippen LogP contribution in [0.15, 0.2) is 18.2 Å². The van der Waals surface area contributed by atoms with Crippen molar-refractivity contribution in [2.24, 2.45) is 5.92 Å². The Kier molecular flexibility index (Phi) is 5.45. The second-order valence-electron chi connectivity index (χ2n) is 4.37. The predicted octanol–water partition coefficient (Wildman–Crippen LogP) is 2.69. The standard InChI is InChI=1S/C12H13ClN2O5/c1-7(5-12(17)18)4-11(16)14-9-6-8(13)2-3-10(9)15(19)20/h2-3,6-7H,4-5H2,1H3,(H,14,16)(H,17,18). The number of carbonyl (C=O) groups excluding carboxylic acids is 1. The lowest BCUT2D eigenvalue weighted by Crippen LogP contribution is -2.17. The average molecular weight is 301 g/mol. The smallest absolute Gasteiger partial charge is 0.303 e. The first-order chi connectivity index (χ1) is 9.29. The first-order valence-corrected chi connectivity index (χ1v) is 6.13. The van der Waals surface area contributed by atoms with Gasteiger partial charge in [-0.05, 0) is 18.1 Å². The van der Waals surface area contributed by atoms with Crippen LogP contribution >= 0.6 is 11.6 Å². The first kappa shape index (κ1) is 15.9. The number of hydrogen-bond donors (Lipinski definition) is 2. The molecule has 0 saturated carbocycles. The fraction of sp³-hybridized carbons (Fsp3) is 0.333. The summed E-state index contributed by atoms with van der Waals surface area (Å²) in [5.74, 6) is -1.87. The second-order valence-corrected chi connectivity index (χ2v) is 4.81. The fourth-order valence-electron chi connectivity index (χ4n) is 1.66. The number of benzene rings is 1. The number of carbonyl (C=O) groups is 2. The maximum atomic E-state index is 11.7. The van der Waals surface area contributed by atoms with E-state index in [1.165, 1.54) is 18.2 Å². The molecule has 2 N–H and O–H groups in total. The third kappa shape index (κ3) is 4.85. The Hall–Kier alpha value is -2.15. The molecule has 0 radical (unpaired) electrons. The van der Waals surface area contributed by atoms with Gasteiger partial charge in [-0.15, -0.1) is 0 Å². The molecular formula is C12H13ClN2O5. The normalized spacial score (nSPS) is 11.7. The summed E-state index contributed by atoms with van der Waals surface area (Å²) in [5.41, 5.74) is -0.274. The number of aliphatic carboxylic acids is 1. The van der Waals surface area contributed by atoms with Crippen molar-refractivity contribution in [3.8, 4) is 0 Å². The van der Waals surface area contributed by atoms with Gasteiger partial charge in [0.05, 0.1) is 4.92 Å². The zero-order valence-electron chi connectivity index (χ0n) is 10.6. The van der Waals surface area contributed by atoms with Gasteiger partial charge in [0.1, 0.15) is 5.69 Å². The lowest BCUT2D eigenvalue weighted by Gasteiger charge is -2.10. The number of nitrogens with one attached hydrogen (secondary N) is 1. The predicted molar refractivity (Wildman–Crippen MR) is 72.8 cm³/mol. The summed E-state index contributed by atoms with van der Waals surface area (Å²) in [6, 6.07) is 3.82. The summed E-state index contributed by atoms with van der Waals surface area (Å²) in [7, 11) is 0. The van der Waals surface area contributed by atoms with Crippen LogP contribution in [0.2, 0.25) is 5.02 Å². The molecule has 0 aromatic heterocycles. The third-order valence-corrected chi connectivity index (χ3v) is 2.72. The zero-order valence-corrected chi connectivity index (χ0v) is 11.4. The molecule has 7 nitrogen and oxygen atoms in total. The van der Waals surface area contributed by atoms with Gasteiger partial charge >= 0.3 is 5.97 Å². The number of carboxylic acids is 1. The van der Waals surface area contributed by atoms with Crippen molar-refractivity contribution in [1.82, 2.24) is 0 Å². The van der Waals surface area contributed by atoms with Crippen LogP contribution in [0, 0.1) is 16.0 Å². The van der Waals surface area contributed by atoms with Gasteiger partial charge in [0.2, 0.25) is 5.91 Å². The molecule has 20 heavy (non-hydrogen) atoms. The summed E-state index contributed by atoms with van der Waals surface area (Å²) in [5, 5.41) is 22.1. The largest absolute Gasteiger partial charge is 0.481 e. The number of amides is 1. The summed E-state index contributed by atoms with van der Waals surface area (Å²) in [6.45, 7) is 1.61. The van der Waals surface area contributed by atoms with Gasteiger partial charge < -0.3 is 10.4 Å². The molecule has 1 unspecified atom stereocenters. The number of nitrogens with zero attached hydrogens (tertiary/aromatic N) is 1. The van der Waals surface area contributed by atoms with Crippen molar-refractivity contribution in [2.45, 2.75) is 19.8 Å². The molecule has 0 fully saturated rings. The van der Waals surface area contributed by atoms with Gasteiger partial charge in [-0.3, -0.25) is 19.7 Å². The molecule has 0 aliphatic rings. The molecule has 0 bridgehead atoms. The number of carboxylic acid groups (broad SMARTS) is 1. The fourth-order valence-corrected chi connectivity index (χ4v) is 1.83. The minimum absolute atomic E-state index is 0.00461. The lowest BCUT2D eigenvalue weighted by molar-refractivity contribution is -0.383. The molecule has 0 heterocycles. The Bertz CT molecular complexity index is 547. The number of rotatable bonds is 6. The number of halogens is 1. The van der Waals surface area contributed by atoms with Crippen LogP contribution < -0.4 is 5.32 Å². The highest BCUT2D eigenvalue weighted by molar-refractivity contribution is 6.31. The number of anilines is 1. The van der Waals surface area contributed by atoms with Gasteiger partial charge in [-0.2, -0.15) is 0 Å². The van der Waals surface area contributed by atoms with E-state index in [0.717, 1.165) is 0 Å². The Balaban J connectivity index is 2.77. The highest BCUT2D eigenvalue weighted by atomic mass is 35.5. The van der Waals surface area contributed by atoms with Crippen molar-refractivity contribution in [3.05, 3.63) is 33.3 Å². The second kappa shape index (κ2) is 6.85. The topological polar surface area (TPSA) is 110 Å². The van der Waals surface area contributed by atoms with Gasteiger partial charge in [0, 0.05) is 23.9 Å². The van der Waals surface area contributed by atoms with Gasteiger partial charge in [0.15, 0.2) is 0 Å². The lowest BCUT2D eigenvalue weighted by atomic mass is 10.0. The minimum Gasteiger partial charge on any atom is -0.481 e. The molecule has 1 aromatic rings. The van der Waals surface area contributed by atoms with Crippen molar-refractivity contribution in [2.75, 3.05) is 5.32 Å². The Labute approximate surface area is 119 Å². The van der Waals surface area contributed by atoms with Gasteiger partial charge in [-0.1, -0.05) is 18.5 Å². The van der Waals surface area contributed by atoms with Crippen LogP contribution in [-0.4, -0.2) is 21.9 Å². The molecule has 1 aromatic carbocycles. The SMILES string of the molecule is CC(CC(=O)O)CC(=O)Nc1cc(Cl)ccc1[N+](=O)[O-]. The van der Waals surface area contributed by atoms with Crippen LogP contribution in [0.4, 0.5) is 11.4 Å². The maximum Gasteiger partial charge on any atom is 0.303 e. The molecule has 108 valence electrons. The molecule has 0 aliphatic carbocycles. The van der Waals surface area contributed by atoms with E-state index in [4.69, 9.17) is 16.7 Å². The summed E-state index contributed by atoms with van der Waals surface area (Å²) >= 11 is 5.73. The molecule has 1 amide bonds. The first-order valence-electron chi connectivity index (χ1n) is 5.75. The molecule has 1 atom stereocenters. The number of hydrogen-bond acceptors (Lipinski definition) is 4. The average Bonchev–Trinajstić information content (AvgIpc) is 2.26. The summed E-state index contributed by atoms with van der Waals surface area (Å²) in [6.07, 6.45) is -0.193. The summed E-state index contributed by atoms with van der Waals surface area (Å²) < 4.78 is 0. The number of nitro benzene ring substituents is 1. The summed E-state index contributed by atoms with van der Waals surface area (Å²) in [4.78, 5) is 32.4. The third-order valence-electron chi connectivity index (χ3n) is 2.49. The molecular weight excluding hydrogens is 288 g/mol. The zero-order chi connectivity index (χ0) is 15.3. The van der Waals surface area contributed by atoms with E-state index in [9.17, 15) is 19.7 Å². The van der Waals surface area contributed by atoms with Crippen LogP contribution in [0.3, 0.4) is 0 Å². The van der Waals surface area contributed by atoms with E-state index in [2.05, 4.69) is 5.32 Å². The van der Waals surface area contributed by atoms with Gasteiger partial charge in [-0.25, -0.2) is 0 Å². The van der Waals surface area contributed by atoms with E-state index < -0.39 is 16.8 Å². The van der Waals surface area contributed by atoms with Crippen molar-refractivity contribution < 1.29 is 19.6 Å². The quantitative estimate of drug-likeness (QED) is 0.620. The highest BCUT2D eigenvalue weighted by Crippen LogP contribution is 2.28. The van der Waals surface area contributed by atoms with Crippen LogP contribution in [-0.2, 0) is 9.59 Å². The molecule has 0 saturated heterocycles. The van der Waals surface area contributed by atoms with E-state index in [0.29, 0.717) is 0 Å². The Morgan fingerprint density at radius 2 is 2.10 bits per heavy atom. The minimum atomic E-state index is -1.00. The Morgan fingerprint density at radius 1 is 1.45 bits per heavy atom. The maximum absolute atomic E-state index is 11.7. The van der Waals surface area contributed by atoms with Crippen molar-refractivity contribution in [3.63, 3.8) is 0 Å². The van der Waals surface area contributed by atoms with E-state index >= 15 is 0 Å². The monoisotopic (exact) mass is 300 g/mol. The van der Waals surface area contributed by atoms with E-state index in [1.807, 2.05) is 0 Å². The van der Waals surface area contributed by atoms with Crippen LogP contribution in [0.1, 0.15) is 19.8 Å². The van der Waals surface area contributed by atoms with Crippen LogP contribution in [0.25, 0.3) is 0 Å². The van der Waals surface area contributed by atoms with E-state index in [-0.39, 0.29) is 35.2 Å². The van der Waals surface area contributed by atoms with Gasteiger partial charge in [0.25, 0.3) is 5.69 Å². The van der Waals surface area contributed by atoms with Crippen molar-refractivity contribution >= 4 is 34.9 Å². The Morgan fingerprint density at radius 3 is 2.65 bits per heavy atom. The van der Waals surface area contributed by atoms with Crippen LogP contribution in [0.5, 0.6) is 0 Å². The van der Waals surface area contributed by atoms with E-state index in [1.54, 1.807) is 6.92 Å². The highest BCUT2D eigenvalue weighted by Gasteiger charge is 2.18. The number of nitro groups is 1. The molecule has 0 spiro atoms. The van der Waals surface area contributed by atoms with Crippen molar-refractivity contribution in [1.29, 1.82) is 0 Å².